The first-order valence-electron chi connectivity index (χ1n) is 9.22. The molecule has 2 heterocycles. The van der Waals surface area contributed by atoms with Crippen molar-refractivity contribution in [1.29, 1.82) is 0 Å². The molecule has 0 aliphatic carbocycles. The number of thiophene rings is 1. The normalized spacial score (nSPS) is 12.6. The molecule has 0 bridgehead atoms. The summed E-state index contributed by atoms with van der Waals surface area (Å²) >= 11 is 1.82. The molecule has 27 heavy (non-hydrogen) atoms. The highest BCUT2D eigenvalue weighted by Gasteiger charge is 2.06. The second kappa shape index (κ2) is 11.3. The zero-order valence-electron chi connectivity index (χ0n) is 15.9. The van der Waals surface area contributed by atoms with Crippen LogP contribution in [-0.4, -0.2) is 35.6 Å². The average Bonchev–Trinajstić information content (AvgIpc) is 3.28. The number of aromatic nitrogens is 2. The molecule has 3 N–H and O–H groups in total. The second-order valence-corrected chi connectivity index (χ2v) is 7.52. The van der Waals surface area contributed by atoms with Gasteiger partial charge in [-0.1, -0.05) is 25.1 Å². The highest BCUT2D eigenvalue weighted by atomic mass is 127. The Balaban J connectivity index is 0.00000261. The van der Waals surface area contributed by atoms with Gasteiger partial charge in [-0.15, -0.1) is 35.3 Å². The third kappa shape index (κ3) is 6.80. The number of aromatic amines is 1. The minimum atomic E-state index is 0. The zero-order valence-corrected chi connectivity index (χ0v) is 19.0. The quantitative estimate of drug-likeness (QED) is 0.248. The summed E-state index contributed by atoms with van der Waals surface area (Å²) in [6.07, 6.45) is 1.92. The van der Waals surface area contributed by atoms with E-state index in [1.165, 1.54) is 4.88 Å². The Morgan fingerprint density at radius 2 is 2.07 bits per heavy atom. The number of para-hydroxylation sites is 2. The van der Waals surface area contributed by atoms with E-state index in [0.717, 1.165) is 55.3 Å². The second-order valence-electron chi connectivity index (χ2n) is 6.49. The Labute approximate surface area is 182 Å². The molecule has 146 valence electrons. The molecule has 1 aromatic carbocycles. The molecule has 0 spiro atoms. The molecular weight excluding hydrogens is 469 g/mol. The molecule has 0 amide bonds. The lowest BCUT2D eigenvalue weighted by atomic mass is 10.1. The minimum Gasteiger partial charge on any atom is -0.357 e. The van der Waals surface area contributed by atoms with Gasteiger partial charge in [-0.3, -0.25) is 4.99 Å². The third-order valence-electron chi connectivity index (χ3n) is 4.13. The molecule has 2 aromatic heterocycles. The minimum absolute atomic E-state index is 0. The van der Waals surface area contributed by atoms with Gasteiger partial charge in [-0.25, -0.2) is 4.98 Å². The Kier molecular flexibility index (Phi) is 9.06. The summed E-state index contributed by atoms with van der Waals surface area (Å²) in [5, 5.41) is 8.86. The Hall–Kier alpha value is -1.61. The number of hydrogen-bond acceptors (Lipinski definition) is 3. The van der Waals surface area contributed by atoms with Crippen molar-refractivity contribution < 1.29 is 0 Å². The number of hydrogen-bond donors (Lipinski definition) is 3. The van der Waals surface area contributed by atoms with Gasteiger partial charge in [0.05, 0.1) is 11.0 Å². The summed E-state index contributed by atoms with van der Waals surface area (Å²) < 4.78 is 0. The van der Waals surface area contributed by atoms with E-state index in [2.05, 4.69) is 58.0 Å². The van der Waals surface area contributed by atoms with E-state index >= 15 is 0 Å². The van der Waals surface area contributed by atoms with Crippen molar-refractivity contribution in [2.24, 2.45) is 10.9 Å². The van der Waals surface area contributed by atoms with Crippen LogP contribution in [0.4, 0.5) is 0 Å². The number of guanidine groups is 1. The van der Waals surface area contributed by atoms with E-state index in [1.54, 1.807) is 0 Å². The predicted octanol–water partition coefficient (Wildman–Crippen LogP) is 4.22. The number of fused-ring (bicyclic) bond motifs is 1. The lowest BCUT2D eigenvalue weighted by Gasteiger charge is -2.12. The maximum absolute atomic E-state index is 4.74. The van der Waals surface area contributed by atoms with E-state index in [-0.39, 0.29) is 24.0 Å². The number of halogens is 1. The van der Waals surface area contributed by atoms with Crippen molar-refractivity contribution in [2.45, 2.75) is 26.7 Å². The summed E-state index contributed by atoms with van der Waals surface area (Å²) in [7, 11) is 0. The highest BCUT2D eigenvalue weighted by molar-refractivity contribution is 14.0. The molecule has 0 aliphatic heterocycles. The molecule has 0 fully saturated rings. The van der Waals surface area contributed by atoms with Gasteiger partial charge in [-0.05, 0) is 42.8 Å². The van der Waals surface area contributed by atoms with Gasteiger partial charge in [0.15, 0.2) is 5.96 Å². The Morgan fingerprint density at radius 1 is 1.22 bits per heavy atom. The highest BCUT2D eigenvalue weighted by Crippen LogP contribution is 2.14. The van der Waals surface area contributed by atoms with Crippen molar-refractivity contribution in [3.63, 3.8) is 0 Å². The van der Waals surface area contributed by atoms with Crippen molar-refractivity contribution in [3.8, 4) is 0 Å². The molecule has 3 aromatic rings. The van der Waals surface area contributed by atoms with Gasteiger partial charge in [0, 0.05) is 30.9 Å². The van der Waals surface area contributed by atoms with Crippen LogP contribution in [-0.2, 0) is 12.8 Å². The van der Waals surface area contributed by atoms with Gasteiger partial charge in [0.25, 0.3) is 0 Å². The van der Waals surface area contributed by atoms with E-state index in [4.69, 9.17) is 4.99 Å². The smallest absolute Gasteiger partial charge is 0.191 e. The lowest BCUT2D eigenvalue weighted by molar-refractivity contribution is 0.594. The first kappa shape index (κ1) is 21.7. The van der Waals surface area contributed by atoms with Gasteiger partial charge in [0.1, 0.15) is 5.82 Å². The van der Waals surface area contributed by atoms with Gasteiger partial charge in [-0.2, -0.15) is 0 Å². The van der Waals surface area contributed by atoms with E-state index in [1.807, 2.05) is 29.5 Å². The molecular formula is C20H28IN5S. The number of imidazole rings is 1. The van der Waals surface area contributed by atoms with Crippen LogP contribution in [0.5, 0.6) is 0 Å². The van der Waals surface area contributed by atoms with Crippen molar-refractivity contribution in [2.75, 3.05) is 19.6 Å². The first-order chi connectivity index (χ1) is 12.7. The molecule has 1 unspecified atom stereocenters. The maximum Gasteiger partial charge on any atom is 0.191 e. The van der Waals surface area contributed by atoms with Crippen molar-refractivity contribution in [3.05, 3.63) is 52.5 Å². The molecule has 1 atom stereocenters. The fourth-order valence-corrected chi connectivity index (χ4v) is 3.72. The molecule has 7 heteroatoms. The number of nitrogens with one attached hydrogen (secondary N) is 3. The standard InChI is InChI=1S/C20H27N5S.HI/c1-3-21-20(23-14-15(2)13-16-7-6-12-26-16)22-11-10-19-24-17-8-4-5-9-18(17)25-19;/h4-9,12,15H,3,10-11,13-14H2,1-2H3,(H,24,25)(H2,21,22,23);1H. The fraction of sp³-hybridized carbons (Fsp3) is 0.400. The Morgan fingerprint density at radius 3 is 2.81 bits per heavy atom. The summed E-state index contributed by atoms with van der Waals surface area (Å²) in [6.45, 7) is 6.81. The number of H-pyrrole nitrogens is 1. The fourth-order valence-electron chi connectivity index (χ4n) is 2.85. The number of aliphatic imine (C=N–C) groups is 1. The van der Waals surface area contributed by atoms with Crippen LogP contribution >= 0.6 is 35.3 Å². The number of nitrogens with zero attached hydrogens (tertiary/aromatic N) is 2. The summed E-state index contributed by atoms with van der Waals surface area (Å²) in [4.78, 5) is 14.1. The van der Waals surface area contributed by atoms with Crippen LogP contribution in [0, 0.1) is 5.92 Å². The van der Waals surface area contributed by atoms with Gasteiger partial charge >= 0.3 is 0 Å². The van der Waals surface area contributed by atoms with Crippen LogP contribution in [0.1, 0.15) is 24.5 Å². The molecule has 0 aliphatic rings. The van der Waals surface area contributed by atoms with E-state index in [0.29, 0.717) is 5.92 Å². The van der Waals surface area contributed by atoms with Crippen LogP contribution in [0.2, 0.25) is 0 Å². The van der Waals surface area contributed by atoms with Crippen LogP contribution in [0.15, 0.2) is 46.8 Å². The Bertz CT molecular complexity index is 795. The van der Waals surface area contributed by atoms with E-state index in [9.17, 15) is 0 Å². The lowest BCUT2D eigenvalue weighted by Crippen LogP contribution is -2.38. The largest absolute Gasteiger partial charge is 0.357 e. The predicted molar refractivity (Wildman–Crippen MR) is 126 cm³/mol. The van der Waals surface area contributed by atoms with Gasteiger partial charge < -0.3 is 15.6 Å². The summed E-state index contributed by atoms with van der Waals surface area (Å²) in [5.41, 5.74) is 2.11. The topological polar surface area (TPSA) is 65.1 Å². The number of rotatable bonds is 8. The molecule has 3 rings (SSSR count). The summed E-state index contributed by atoms with van der Waals surface area (Å²) in [5.74, 6) is 2.40. The number of benzene rings is 1. The van der Waals surface area contributed by atoms with E-state index < -0.39 is 0 Å². The molecule has 0 saturated carbocycles. The van der Waals surface area contributed by atoms with Gasteiger partial charge in [0.2, 0.25) is 0 Å². The zero-order chi connectivity index (χ0) is 18.2. The molecule has 0 saturated heterocycles. The first-order valence-corrected chi connectivity index (χ1v) is 10.1. The maximum atomic E-state index is 4.74. The molecule has 0 radical (unpaired) electrons. The SMILES string of the molecule is CCNC(=NCC(C)Cc1cccs1)NCCc1nc2ccccc2[nH]1.I. The summed E-state index contributed by atoms with van der Waals surface area (Å²) in [6, 6.07) is 12.4. The molecule has 5 nitrogen and oxygen atoms in total. The average molecular weight is 497 g/mol. The third-order valence-corrected chi connectivity index (χ3v) is 5.03. The monoisotopic (exact) mass is 497 g/mol. The van der Waals surface area contributed by atoms with Crippen LogP contribution < -0.4 is 10.6 Å². The van der Waals surface area contributed by atoms with Crippen molar-refractivity contribution >= 4 is 52.3 Å². The van der Waals surface area contributed by atoms with Crippen LogP contribution in [0.25, 0.3) is 11.0 Å². The van der Waals surface area contributed by atoms with Crippen LogP contribution in [0.3, 0.4) is 0 Å². The van der Waals surface area contributed by atoms with Crippen molar-refractivity contribution in [1.82, 2.24) is 20.6 Å².